The van der Waals surface area contributed by atoms with Gasteiger partial charge in [-0.25, -0.2) is 0 Å². The highest BCUT2D eigenvalue weighted by Crippen LogP contribution is 1.89. The molecular weight excluding hydrogens is 230 g/mol. The second kappa shape index (κ2) is 7.77. The highest BCUT2D eigenvalue weighted by molar-refractivity contribution is 7.71. The summed E-state index contributed by atoms with van der Waals surface area (Å²) in [5.41, 5.74) is 0.474. The number of hydrogen-bond donors (Lipinski definition) is 2. The lowest BCUT2D eigenvalue weighted by Crippen LogP contribution is -2.08. The standard InChI is InChI=1S/C6H8N2O2S.C3H7NO/c1-10-3-4-2-5(9)8-6(11)7-4;1-4(2)3-5/h2H,3H2,1H3,(H2,7,8,9,11);3H,1-2H3. The van der Waals surface area contributed by atoms with Gasteiger partial charge in [0.05, 0.1) is 6.61 Å². The van der Waals surface area contributed by atoms with Gasteiger partial charge in [0.15, 0.2) is 4.77 Å². The van der Waals surface area contributed by atoms with Crippen molar-refractivity contribution in [2.24, 2.45) is 0 Å². The van der Waals surface area contributed by atoms with E-state index >= 15 is 0 Å². The fourth-order valence-corrected chi connectivity index (χ4v) is 0.984. The van der Waals surface area contributed by atoms with Gasteiger partial charge in [-0.1, -0.05) is 0 Å². The van der Waals surface area contributed by atoms with Crippen molar-refractivity contribution in [2.75, 3.05) is 21.2 Å². The largest absolute Gasteiger partial charge is 0.378 e. The first-order chi connectivity index (χ1) is 7.49. The Bertz CT molecular complexity index is 396. The molecular formula is C9H15N3O3S. The van der Waals surface area contributed by atoms with E-state index in [1.807, 2.05) is 0 Å². The summed E-state index contributed by atoms with van der Waals surface area (Å²) in [6.45, 7) is 0.369. The molecule has 1 heterocycles. The van der Waals surface area contributed by atoms with Crippen LogP contribution in [0.5, 0.6) is 0 Å². The van der Waals surface area contributed by atoms with Gasteiger partial charge in [-0.2, -0.15) is 0 Å². The number of ether oxygens (including phenoxy) is 1. The number of aromatic nitrogens is 2. The third kappa shape index (κ3) is 6.91. The topological polar surface area (TPSA) is 78.2 Å². The van der Waals surface area contributed by atoms with Gasteiger partial charge in [-0.05, 0) is 12.2 Å². The SMILES string of the molecule is CN(C)C=O.COCc1cc(=O)[nH]c(=S)[nH]1. The van der Waals surface area contributed by atoms with E-state index in [2.05, 4.69) is 9.97 Å². The molecule has 0 aliphatic heterocycles. The zero-order chi connectivity index (χ0) is 12.6. The number of aromatic amines is 2. The predicted octanol–water partition coefficient (Wildman–Crippen LogP) is 0.283. The number of nitrogens with zero attached hydrogens (tertiary/aromatic N) is 1. The lowest BCUT2D eigenvalue weighted by Gasteiger charge is -1.96. The molecule has 0 bridgehead atoms. The van der Waals surface area contributed by atoms with E-state index in [9.17, 15) is 9.59 Å². The Kier molecular flexibility index (Phi) is 7.06. The molecule has 0 radical (unpaired) electrons. The average molecular weight is 245 g/mol. The number of hydrogen-bond acceptors (Lipinski definition) is 4. The molecule has 0 saturated carbocycles. The monoisotopic (exact) mass is 245 g/mol. The smallest absolute Gasteiger partial charge is 0.251 e. The zero-order valence-corrected chi connectivity index (χ0v) is 10.3. The Morgan fingerprint density at radius 3 is 2.44 bits per heavy atom. The molecule has 0 unspecified atom stereocenters. The van der Waals surface area contributed by atoms with Crippen molar-refractivity contribution in [2.45, 2.75) is 6.61 Å². The summed E-state index contributed by atoms with van der Waals surface area (Å²) >= 11 is 4.73. The summed E-state index contributed by atoms with van der Waals surface area (Å²) in [5, 5.41) is 0. The molecule has 6 nitrogen and oxygen atoms in total. The van der Waals surface area contributed by atoms with Crippen molar-refractivity contribution in [3.63, 3.8) is 0 Å². The normalized spacial score (nSPS) is 8.94. The number of carbonyl (C=O) groups excluding carboxylic acids is 1. The Labute approximate surface area is 98.3 Å². The van der Waals surface area contributed by atoms with Crippen LogP contribution in [-0.4, -0.2) is 42.5 Å². The Morgan fingerprint density at radius 1 is 1.50 bits per heavy atom. The van der Waals surface area contributed by atoms with E-state index in [1.54, 1.807) is 21.2 Å². The van der Waals surface area contributed by atoms with Gasteiger partial charge in [0.2, 0.25) is 6.41 Å². The van der Waals surface area contributed by atoms with Crippen LogP contribution >= 0.6 is 12.2 Å². The summed E-state index contributed by atoms with van der Waals surface area (Å²) in [7, 11) is 4.93. The van der Waals surface area contributed by atoms with Gasteiger partial charge < -0.3 is 14.6 Å². The van der Waals surface area contributed by atoms with E-state index in [1.165, 1.54) is 11.0 Å². The maximum absolute atomic E-state index is 10.8. The van der Waals surface area contributed by atoms with Crippen molar-refractivity contribution in [1.29, 1.82) is 0 Å². The van der Waals surface area contributed by atoms with Crippen molar-refractivity contribution < 1.29 is 9.53 Å². The minimum Gasteiger partial charge on any atom is -0.378 e. The van der Waals surface area contributed by atoms with E-state index in [4.69, 9.17) is 17.0 Å². The van der Waals surface area contributed by atoms with Crippen LogP contribution in [-0.2, 0) is 16.1 Å². The number of methoxy groups -OCH3 is 1. The number of carbonyl (C=O) groups is 1. The minimum atomic E-state index is -0.208. The Hall–Kier alpha value is -1.47. The van der Waals surface area contributed by atoms with Gasteiger partial charge in [0, 0.05) is 33.0 Å². The maximum Gasteiger partial charge on any atom is 0.251 e. The van der Waals surface area contributed by atoms with Crippen LogP contribution < -0.4 is 5.56 Å². The van der Waals surface area contributed by atoms with E-state index in [0.29, 0.717) is 17.1 Å². The number of rotatable bonds is 3. The fourth-order valence-electron chi connectivity index (χ4n) is 0.753. The molecule has 0 atom stereocenters. The maximum atomic E-state index is 10.8. The van der Waals surface area contributed by atoms with Crippen LogP contribution in [0.2, 0.25) is 0 Å². The minimum absolute atomic E-state index is 0.208. The van der Waals surface area contributed by atoms with Crippen LogP contribution in [0.3, 0.4) is 0 Å². The van der Waals surface area contributed by atoms with Crippen molar-refractivity contribution >= 4 is 18.6 Å². The lowest BCUT2D eigenvalue weighted by molar-refractivity contribution is -0.115. The molecule has 0 saturated heterocycles. The molecule has 0 aliphatic rings. The Morgan fingerprint density at radius 2 is 2.06 bits per heavy atom. The Balaban J connectivity index is 0.000000385. The zero-order valence-electron chi connectivity index (χ0n) is 9.44. The van der Waals surface area contributed by atoms with Gasteiger partial charge >= 0.3 is 0 Å². The van der Waals surface area contributed by atoms with Gasteiger partial charge in [-0.3, -0.25) is 14.6 Å². The predicted molar refractivity (Wildman–Crippen MR) is 62.7 cm³/mol. The highest BCUT2D eigenvalue weighted by Gasteiger charge is 1.92. The van der Waals surface area contributed by atoms with E-state index < -0.39 is 0 Å². The third-order valence-corrected chi connectivity index (χ3v) is 1.53. The van der Waals surface area contributed by atoms with Gasteiger partial charge in [-0.15, -0.1) is 0 Å². The molecule has 90 valence electrons. The molecule has 2 N–H and O–H groups in total. The van der Waals surface area contributed by atoms with Crippen LogP contribution in [0.1, 0.15) is 5.69 Å². The average Bonchev–Trinajstić information content (AvgIpc) is 2.17. The number of nitrogens with one attached hydrogen (secondary N) is 2. The first kappa shape index (κ1) is 14.5. The number of amides is 1. The molecule has 1 rings (SSSR count). The van der Waals surface area contributed by atoms with Crippen LogP contribution in [0.4, 0.5) is 0 Å². The fraction of sp³-hybridized carbons (Fsp3) is 0.444. The van der Waals surface area contributed by atoms with Crippen LogP contribution in [0.25, 0.3) is 0 Å². The first-order valence-electron chi connectivity index (χ1n) is 4.42. The first-order valence-corrected chi connectivity index (χ1v) is 4.83. The molecule has 1 aromatic rings. The second-order valence-electron chi connectivity index (χ2n) is 3.11. The van der Waals surface area contributed by atoms with Crippen LogP contribution in [0.15, 0.2) is 10.9 Å². The lowest BCUT2D eigenvalue weighted by atomic mass is 10.4. The molecule has 0 aliphatic carbocycles. The molecule has 0 aromatic carbocycles. The van der Waals surface area contributed by atoms with Crippen molar-refractivity contribution in [3.8, 4) is 0 Å². The number of H-pyrrole nitrogens is 2. The van der Waals surface area contributed by atoms with Gasteiger partial charge in [0.25, 0.3) is 5.56 Å². The van der Waals surface area contributed by atoms with E-state index in [-0.39, 0.29) is 5.56 Å². The molecule has 7 heteroatoms. The molecule has 1 amide bonds. The summed E-state index contributed by atoms with van der Waals surface area (Å²) in [6, 6.07) is 1.42. The summed E-state index contributed by atoms with van der Waals surface area (Å²) in [6.07, 6.45) is 0.750. The van der Waals surface area contributed by atoms with Crippen molar-refractivity contribution in [1.82, 2.24) is 14.9 Å². The molecule has 1 aromatic heterocycles. The summed E-state index contributed by atoms with van der Waals surface area (Å²) < 4.78 is 5.13. The molecule has 0 fully saturated rings. The molecule has 0 spiro atoms. The summed E-state index contributed by atoms with van der Waals surface area (Å²) in [4.78, 5) is 26.9. The highest BCUT2D eigenvalue weighted by atomic mass is 32.1. The molecule has 16 heavy (non-hydrogen) atoms. The van der Waals surface area contributed by atoms with E-state index in [0.717, 1.165) is 6.41 Å². The van der Waals surface area contributed by atoms with Crippen LogP contribution in [0, 0.1) is 4.77 Å². The van der Waals surface area contributed by atoms with Gasteiger partial charge in [0.1, 0.15) is 0 Å². The third-order valence-electron chi connectivity index (χ3n) is 1.33. The quantitative estimate of drug-likeness (QED) is 0.592. The van der Waals surface area contributed by atoms with Crippen molar-refractivity contribution in [3.05, 3.63) is 26.9 Å². The summed E-state index contributed by atoms with van der Waals surface area (Å²) in [5.74, 6) is 0. The second-order valence-corrected chi connectivity index (χ2v) is 3.52.